The Hall–Kier alpha value is 0.180. The fraction of sp³-hybridized carbons (Fsp3) is 0.500. The van der Waals surface area contributed by atoms with E-state index in [2.05, 4.69) is 35.0 Å². The Morgan fingerprint density at radius 2 is 2.30 bits per heavy atom. The maximum absolute atomic E-state index is 3.42. The predicted molar refractivity (Wildman–Crippen MR) is 51.2 cm³/mol. The molecule has 0 aliphatic heterocycles. The van der Waals surface area contributed by atoms with Gasteiger partial charge in [-0.25, -0.2) is 0 Å². The Labute approximate surface area is 74.4 Å². The van der Waals surface area contributed by atoms with Crippen LogP contribution >= 0.6 is 27.3 Å². The standard InChI is InChI=1S/C8H11BrS/c1-7-4-5-8(10-7)3-2-6-9/h4-5H,2-3,6H2,1H3. The smallest absolute Gasteiger partial charge is 0.00483 e. The number of thiophene rings is 1. The van der Waals surface area contributed by atoms with Crippen molar-refractivity contribution in [1.82, 2.24) is 0 Å². The molecular weight excluding hydrogens is 208 g/mol. The van der Waals surface area contributed by atoms with Crippen LogP contribution in [0.5, 0.6) is 0 Å². The van der Waals surface area contributed by atoms with Gasteiger partial charge in [-0.05, 0) is 31.9 Å². The third kappa shape index (κ3) is 2.43. The molecule has 10 heavy (non-hydrogen) atoms. The second-order valence-corrected chi connectivity index (χ2v) is 4.47. The number of alkyl halides is 1. The number of hydrogen-bond acceptors (Lipinski definition) is 1. The van der Waals surface area contributed by atoms with Gasteiger partial charge in [-0.15, -0.1) is 11.3 Å². The topological polar surface area (TPSA) is 0 Å². The second kappa shape index (κ2) is 4.14. The van der Waals surface area contributed by atoms with Crippen molar-refractivity contribution in [2.24, 2.45) is 0 Å². The molecule has 0 aliphatic rings. The van der Waals surface area contributed by atoms with E-state index >= 15 is 0 Å². The first-order chi connectivity index (χ1) is 4.83. The average molecular weight is 219 g/mol. The molecule has 0 aromatic carbocycles. The SMILES string of the molecule is Cc1ccc(CCCBr)s1. The summed E-state index contributed by atoms with van der Waals surface area (Å²) in [6, 6.07) is 4.41. The van der Waals surface area contributed by atoms with E-state index in [4.69, 9.17) is 0 Å². The van der Waals surface area contributed by atoms with Gasteiger partial charge in [0, 0.05) is 15.1 Å². The van der Waals surface area contributed by atoms with E-state index in [0.717, 1.165) is 5.33 Å². The van der Waals surface area contributed by atoms with Gasteiger partial charge in [0.1, 0.15) is 0 Å². The molecule has 1 rings (SSSR count). The first-order valence-electron chi connectivity index (χ1n) is 3.44. The van der Waals surface area contributed by atoms with E-state index in [1.165, 1.54) is 22.6 Å². The van der Waals surface area contributed by atoms with Crippen molar-refractivity contribution < 1.29 is 0 Å². The lowest BCUT2D eigenvalue weighted by molar-refractivity contribution is 0.959. The molecule has 0 saturated carbocycles. The zero-order chi connectivity index (χ0) is 7.40. The molecule has 0 aliphatic carbocycles. The molecule has 0 nitrogen and oxygen atoms in total. The van der Waals surface area contributed by atoms with Gasteiger partial charge in [0.25, 0.3) is 0 Å². The lowest BCUT2D eigenvalue weighted by Crippen LogP contribution is -1.78. The molecule has 0 amide bonds. The van der Waals surface area contributed by atoms with E-state index in [0.29, 0.717) is 0 Å². The van der Waals surface area contributed by atoms with Crippen LogP contribution in [-0.2, 0) is 6.42 Å². The number of halogens is 1. The zero-order valence-corrected chi connectivity index (χ0v) is 8.46. The second-order valence-electron chi connectivity index (χ2n) is 2.30. The minimum absolute atomic E-state index is 1.12. The van der Waals surface area contributed by atoms with Crippen LogP contribution in [0.3, 0.4) is 0 Å². The highest BCUT2D eigenvalue weighted by Gasteiger charge is 1.94. The van der Waals surface area contributed by atoms with Crippen LogP contribution in [0.15, 0.2) is 12.1 Å². The largest absolute Gasteiger partial charge is 0.146 e. The summed E-state index contributed by atoms with van der Waals surface area (Å²) in [5.41, 5.74) is 0. The zero-order valence-electron chi connectivity index (χ0n) is 6.06. The molecule has 0 saturated heterocycles. The van der Waals surface area contributed by atoms with Gasteiger partial charge >= 0.3 is 0 Å². The van der Waals surface area contributed by atoms with Gasteiger partial charge in [-0.2, -0.15) is 0 Å². The molecular formula is C8H11BrS. The van der Waals surface area contributed by atoms with Gasteiger partial charge in [-0.1, -0.05) is 15.9 Å². The summed E-state index contributed by atoms with van der Waals surface area (Å²) in [6.45, 7) is 2.16. The fourth-order valence-corrected chi connectivity index (χ4v) is 2.07. The van der Waals surface area contributed by atoms with E-state index in [1.54, 1.807) is 0 Å². The molecule has 0 fully saturated rings. The monoisotopic (exact) mass is 218 g/mol. The molecule has 1 aromatic rings. The predicted octanol–water partition coefficient (Wildman–Crippen LogP) is 3.38. The third-order valence-electron chi connectivity index (χ3n) is 1.35. The fourth-order valence-electron chi connectivity index (χ4n) is 0.861. The van der Waals surface area contributed by atoms with E-state index in [9.17, 15) is 0 Å². The summed E-state index contributed by atoms with van der Waals surface area (Å²) >= 11 is 5.33. The quantitative estimate of drug-likeness (QED) is 0.683. The summed E-state index contributed by atoms with van der Waals surface area (Å²) in [5, 5.41) is 1.12. The summed E-state index contributed by atoms with van der Waals surface area (Å²) in [7, 11) is 0. The van der Waals surface area contributed by atoms with Crippen LogP contribution in [-0.4, -0.2) is 5.33 Å². The maximum atomic E-state index is 3.42. The van der Waals surface area contributed by atoms with Crippen molar-refractivity contribution in [3.05, 3.63) is 21.9 Å². The Bertz CT molecular complexity index is 193. The van der Waals surface area contributed by atoms with Crippen LogP contribution in [0.2, 0.25) is 0 Å². The number of rotatable bonds is 3. The first-order valence-corrected chi connectivity index (χ1v) is 5.38. The molecule has 1 heterocycles. The van der Waals surface area contributed by atoms with Gasteiger partial charge in [0.05, 0.1) is 0 Å². The Morgan fingerprint density at radius 1 is 1.50 bits per heavy atom. The summed E-state index contributed by atoms with van der Waals surface area (Å²) in [6.07, 6.45) is 2.48. The maximum Gasteiger partial charge on any atom is 0.00483 e. The normalized spacial score (nSPS) is 10.2. The first kappa shape index (κ1) is 8.28. The molecule has 2 heteroatoms. The summed E-state index contributed by atoms with van der Waals surface area (Å²) in [4.78, 5) is 2.93. The third-order valence-corrected chi connectivity index (χ3v) is 2.97. The van der Waals surface area contributed by atoms with Crippen LogP contribution in [0.1, 0.15) is 16.2 Å². The van der Waals surface area contributed by atoms with Gasteiger partial charge in [0.2, 0.25) is 0 Å². The minimum Gasteiger partial charge on any atom is -0.146 e. The summed E-state index contributed by atoms with van der Waals surface area (Å²) < 4.78 is 0. The van der Waals surface area contributed by atoms with Crippen molar-refractivity contribution in [3.8, 4) is 0 Å². The molecule has 0 unspecified atom stereocenters. The molecule has 0 radical (unpaired) electrons. The lowest BCUT2D eigenvalue weighted by Gasteiger charge is -1.90. The van der Waals surface area contributed by atoms with Crippen LogP contribution in [0.25, 0.3) is 0 Å². The van der Waals surface area contributed by atoms with E-state index < -0.39 is 0 Å². The van der Waals surface area contributed by atoms with Crippen molar-refractivity contribution in [2.45, 2.75) is 19.8 Å². The van der Waals surface area contributed by atoms with Crippen LogP contribution in [0, 0.1) is 6.92 Å². The van der Waals surface area contributed by atoms with Crippen molar-refractivity contribution >= 4 is 27.3 Å². The number of hydrogen-bond donors (Lipinski definition) is 0. The Balaban J connectivity index is 2.42. The minimum atomic E-state index is 1.12. The van der Waals surface area contributed by atoms with Crippen LogP contribution in [0.4, 0.5) is 0 Å². The molecule has 0 bridgehead atoms. The summed E-state index contributed by atoms with van der Waals surface area (Å²) in [5.74, 6) is 0. The molecule has 0 spiro atoms. The highest BCUT2D eigenvalue weighted by atomic mass is 79.9. The van der Waals surface area contributed by atoms with E-state index in [1.807, 2.05) is 11.3 Å². The van der Waals surface area contributed by atoms with Crippen molar-refractivity contribution in [2.75, 3.05) is 5.33 Å². The highest BCUT2D eigenvalue weighted by molar-refractivity contribution is 9.09. The average Bonchev–Trinajstić information content (AvgIpc) is 2.31. The van der Waals surface area contributed by atoms with Gasteiger partial charge in [0.15, 0.2) is 0 Å². The van der Waals surface area contributed by atoms with Crippen molar-refractivity contribution in [3.63, 3.8) is 0 Å². The number of aryl methyl sites for hydroxylation is 2. The Morgan fingerprint density at radius 3 is 2.80 bits per heavy atom. The molecule has 0 N–H and O–H groups in total. The van der Waals surface area contributed by atoms with Gasteiger partial charge < -0.3 is 0 Å². The highest BCUT2D eigenvalue weighted by Crippen LogP contribution is 2.16. The Kier molecular flexibility index (Phi) is 3.43. The molecule has 1 aromatic heterocycles. The van der Waals surface area contributed by atoms with Gasteiger partial charge in [-0.3, -0.25) is 0 Å². The van der Waals surface area contributed by atoms with Crippen molar-refractivity contribution in [1.29, 1.82) is 0 Å². The molecule has 0 atom stereocenters. The molecule has 56 valence electrons. The lowest BCUT2D eigenvalue weighted by atomic mass is 10.3. The van der Waals surface area contributed by atoms with E-state index in [-0.39, 0.29) is 0 Å². The van der Waals surface area contributed by atoms with Crippen LogP contribution < -0.4 is 0 Å².